The van der Waals surface area contributed by atoms with Gasteiger partial charge in [-0.2, -0.15) is 0 Å². The van der Waals surface area contributed by atoms with Gasteiger partial charge in [-0.05, 0) is 33.4 Å². The SMILES string of the molecule is c1ccc(C2(c3ccccc3)COC(c3ccccc3)(c3ccccc3)C(c3ccccc3)(c3ccccc3)O2)cc1. The number of hydrogen-bond acceptors (Lipinski definition) is 2. The van der Waals surface area contributed by atoms with E-state index < -0.39 is 16.8 Å². The van der Waals surface area contributed by atoms with Gasteiger partial charge in [-0.1, -0.05) is 182 Å². The molecule has 0 unspecified atom stereocenters. The molecule has 0 saturated carbocycles. The quantitative estimate of drug-likeness (QED) is 0.208. The second kappa shape index (κ2) is 10.9. The van der Waals surface area contributed by atoms with Crippen LogP contribution in [-0.4, -0.2) is 6.61 Å². The molecule has 7 rings (SSSR count). The van der Waals surface area contributed by atoms with Crippen molar-refractivity contribution >= 4 is 0 Å². The zero-order valence-electron chi connectivity index (χ0n) is 23.3. The van der Waals surface area contributed by atoms with Gasteiger partial charge in [0.05, 0.1) is 6.61 Å². The molecular weight excluding hydrogens is 512 g/mol. The third-order valence-corrected chi connectivity index (χ3v) is 8.52. The van der Waals surface area contributed by atoms with Gasteiger partial charge >= 0.3 is 0 Å². The van der Waals surface area contributed by atoms with Crippen molar-refractivity contribution in [2.75, 3.05) is 6.61 Å². The monoisotopic (exact) mass is 544 g/mol. The molecule has 1 heterocycles. The summed E-state index contributed by atoms with van der Waals surface area (Å²) in [4.78, 5) is 0. The number of rotatable bonds is 6. The van der Waals surface area contributed by atoms with Crippen LogP contribution in [0.3, 0.4) is 0 Å². The topological polar surface area (TPSA) is 18.5 Å². The first-order valence-corrected chi connectivity index (χ1v) is 14.5. The minimum atomic E-state index is -1.10. The molecule has 2 nitrogen and oxygen atoms in total. The van der Waals surface area contributed by atoms with E-state index in [1.807, 2.05) is 12.1 Å². The van der Waals surface area contributed by atoms with Crippen LogP contribution in [0.1, 0.15) is 33.4 Å². The fourth-order valence-corrected chi connectivity index (χ4v) is 6.66. The molecule has 42 heavy (non-hydrogen) atoms. The first kappa shape index (κ1) is 26.2. The van der Waals surface area contributed by atoms with Gasteiger partial charge in [-0.3, -0.25) is 0 Å². The van der Waals surface area contributed by atoms with Gasteiger partial charge < -0.3 is 9.47 Å². The first-order valence-electron chi connectivity index (χ1n) is 14.5. The molecule has 204 valence electrons. The summed E-state index contributed by atoms with van der Waals surface area (Å²) in [5.74, 6) is 0. The van der Waals surface area contributed by atoms with Crippen LogP contribution in [0, 0.1) is 0 Å². The minimum absolute atomic E-state index is 0.312. The molecule has 0 radical (unpaired) electrons. The highest BCUT2D eigenvalue weighted by Crippen LogP contribution is 2.61. The summed E-state index contributed by atoms with van der Waals surface area (Å²) in [5, 5.41) is 0. The van der Waals surface area contributed by atoms with Gasteiger partial charge in [0.25, 0.3) is 0 Å². The Labute approximate surface area is 247 Å². The molecule has 0 atom stereocenters. The summed E-state index contributed by atoms with van der Waals surface area (Å²) in [5.41, 5.74) is 3.15. The van der Waals surface area contributed by atoms with Crippen molar-refractivity contribution in [2.45, 2.75) is 16.8 Å². The standard InChI is InChI=1S/C40H32O2/c1-7-19-32(20-8-1)38(33-21-9-2-10-22-33)31-41-39(34-23-11-3-12-24-34,35-25-13-4-14-26-35)40(42-38,36-27-15-5-16-28-36)37-29-17-6-18-30-37/h1-30H,31H2. The van der Waals surface area contributed by atoms with E-state index in [0.29, 0.717) is 6.61 Å². The van der Waals surface area contributed by atoms with Crippen molar-refractivity contribution in [1.82, 2.24) is 0 Å². The highest BCUT2D eigenvalue weighted by Gasteiger charge is 2.65. The maximum Gasteiger partial charge on any atom is 0.157 e. The highest BCUT2D eigenvalue weighted by atomic mass is 16.6. The zero-order chi connectivity index (χ0) is 28.3. The average molecular weight is 545 g/mol. The fourth-order valence-electron chi connectivity index (χ4n) is 6.66. The maximum atomic E-state index is 8.01. The Bertz CT molecular complexity index is 1600. The molecule has 0 aliphatic carbocycles. The minimum Gasteiger partial charge on any atom is -0.358 e. The Hall–Kier alpha value is -4.76. The van der Waals surface area contributed by atoms with E-state index in [2.05, 4.69) is 170 Å². The van der Waals surface area contributed by atoms with Crippen molar-refractivity contribution in [3.8, 4) is 0 Å². The van der Waals surface area contributed by atoms with E-state index in [-0.39, 0.29) is 0 Å². The summed E-state index contributed by atoms with van der Waals surface area (Å²) in [6, 6.07) is 63.2. The van der Waals surface area contributed by atoms with E-state index in [9.17, 15) is 0 Å². The molecule has 0 bridgehead atoms. The van der Waals surface area contributed by atoms with Crippen molar-refractivity contribution in [2.24, 2.45) is 0 Å². The average Bonchev–Trinajstić information content (AvgIpc) is 3.10. The smallest absolute Gasteiger partial charge is 0.157 e. The van der Waals surface area contributed by atoms with Crippen molar-refractivity contribution in [1.29, 1.82) is 0 Å². The fraction of sp³-hybridized carbons (Fsp3) is 0.100. The Kier molecular flexibility index (Phi) is 6.79. The number of ether oxygens (including phenoxy) is 2. The van der Waals surface area contributed by atoms with Gasteiger partial charge in [0.2, 0.25) is 0 Å². The molecule has 6 aromatic carbocycles. The second-order valence-corrected chi connectivity index (χ2v) is 10.8. The lowest BCUT2D eigenvalue weighted by molar-refractivity contribution is -0.302. The van der Waals surface area contributed by atoms with Crippen molar-refractivity contribution in [3.05, 3.63) is 215 Å². The molecule has 2 heteroatoms. The van der Waals surface area contributed by atoms with Gasteiger partial charge in [0.1, 0.15) is 5.60 Å². The summed E-state index contributed by atoms with van der Waals surface area (Å²) < 4.78 is 15.6. The lowest BCUT2D eigenvalue weighted by Gasteiger charge is -2.59. The summed E-state index contributed by atoms with van der Waals surface area (Å²) in [6.07, 6.45) is 0. The lowest BCUT2D eigenvalue weighted by Crippen LogP contribution is -2.63. The first-order chi connectivity index (χ1) is 20.8. The molecule has 0 aromatic heterocycles. The Balaban J connectivity index is 1.65. The molecule has 1 aliphatic rings. The largest absolute Gasteiger partial charge is 0.358 e. The molecule has 0 spiro atoms. The number of benzene rings is 6. The van der Waals surface area contributed by atoms with Gasteiger partial charge in [0.15, 0.2) is 11.2 Å². The molecule has 1 saturated heterocycles. The predicted molar refractivity (Wildman–Crippen MR) is 168 cm³/mol. The third-order valence-electron chi connectivity index (χ3n) is 8.52. The highest BCUT2D eigenvalue weighted by molar-refractivity contribution is 5.53. The lowest BCUT2D eigenvalue weighted by atomic mass is 9.64. The predicted octanol–water partition coefficient (Wildman–Crippen LogP) is 8.86. The van der Waals surface area contributed by atoms with E-state index in [1.165, 1.54) is 0 Å². The Morgan fingerprint density at radius 1 is 0.310 bits per heavy atom. The molecule has 1 aliphatic heterocycles. The van der Waals surface area contributed by atoms with Crippen molar-refractivity contribution in [3.63, 3.8) is 0 Å². The molecule has 1 fully saturated rings. The summed E-state index contributed by atoms with van der Waals surface area (Å²) >= 11 is 0. The Morgan fingerprint density at radius 2 is 0.571 bits per heavy atom. The van der Waals surface area contributed by atoms with Gasteiger partial charge in [-0.25, -0.2) is 0 Å². The Morgan fingerprint density at radius 3 is 0.881 bits per heavy atom. The van der Waals surface area contributed by atoms with E-state index in [4.69, 9.17) is 9.47 Å². The summed E-state index contributed by atoms with van der Waals surface area (Å²) in [7, 11) is 0. The van der Waals surface area contributed by atoms with Crippen LogP contribution in [0.2, 0.25) is 0 Å². The zero-order valence-corrected chi connectivity index (χ0v) is 23.3. The van der Waals surface area contributed by atoms with Crippen LogP contribution in [0.25, 0.3) is 0 Å². The van der Waals surface area contributed by atoms with Crippen LogP contribution in [0.4, 0.5) is 0 Å². The molecule has 0 amide bonds. The van der Waals surface area contributed by atoms with Crippen LogP contribution in [-0.2, 0) is 26.3 Å². The van der Waals surface area contributed by atoms with Gasteiger partial charge in [0, 0.05) is 0 Å². The van der Waals surface area contributed by atoms with Crippen LogP contribution in [0.15, 0.2) is 182 Å². The maximum absolute atomic E-state index is 8.01. The van der Waals surface area contributed by atoms with E-state index in [1.54, 1.807) is 0 Å². The van der Waals surface area contributed by atoms with E-state index in [0.717, 1.165) is 33.4 Å². The molecule has 6 aromatic rings. The normalized spacial score (nSPS) is 16.9. The molecular formula is C40H32O2. The van der Waals surface area contributed by atoms with Crippen LogP contribution < -0.4 is 0 Å². The number of hydrogen-bond donors (Lipinski definition) is 0. The van der Waals surface area contributed by atoms with Gasteiger partial charge in [-0.15, -0.1) is 0 Å². The molecule has 0 N–H and O–H groups in total. The van der Waals surface area contributed by atoms with E-state index >= 15 is 0 Å². The summed E-state index contributed by atoms with van der Waals surface area (Å²) in [6.45, 7) is 0.312. The third kappa shape index (κ3) is 4.03. The second-order valence-electron chi connectivity index (χ2n) is 10.8. The van der Waals surface area contributed by atoms with Crippen LogP contribution in [0.5, 0.6) is 0 Å². The van der Waals surface area contributed by atoms with Crippen molar-refractivity contribution < 1.29 is 9.47 Å². The van der Waals surface area contributed by atoms with Crippen LogP contribution >= 0.6 is 0 Å².